The molecule has 2 N–H and O–H groups in total. The quantitative estimate of drug-likeness (QED) is 0.396. The summed E-state index contributed by atoms with van der Waals surface area (Å²) in [7, 11) is 0. The molecule has 136 valence electrons. The molecule has 26 heavy (non-hydrogen) atoms. The first-order valence-electron chi connectivity index (χ1n) is 7.86. The second-order valence-electron chi connectivity index (χ2n) is 6.03. The summed E-state index contributed by atoms with van der Waals surface area (Å²) in [6, 6.07) is 9.12. The summed E-state index contributed by atoms with van der Waals surface area (Å²) in [5, 5.41) is 16.4. The number of non-ortho nitro benzene ring substituents is 1. The van der Waals surface area contributed by atoms with Gasteiger partial charge in [0.1, 0.15) is 0 Å². The minimum atomic E-state index is -0.506. The summed E-state index contributed by atoms with van der Waals surface area (Å²) in [6.45, 7) is 5.56. The molecule has 7 nitrogen and oxygen atoms in total. The van der Waals surface area contributed by atoms with Crippen molar-refractivity contribution in [2.24, 2.45) is 0 Å². The third-order valence-electron chi connectivity index (χ3n) is 3.56. The Morgan fingerprint density at radius 1 is 1.08 bits per heavy atom. The van der Waals surface area contributed by atoms with E-state index in [-0.39, 0.29) is 23.5 Å². The van der Waals surface area contributed by atoms with E-state index in [9.17, 15) is 19.7 Å². The minimum Gasteiger partial charge on any atom is -0.350 e. The summed E-state index contributed by atoms with van der Waals surface area (Å²) < 4.78 is 0.485. The molecule has 0 unspecified atom stereocenters. The van der Waals surface area contributed by atoms with Gasteiger partial charge < -0.3 is 10.6 Å². The molecule has 0 aromatic heterocycles. The average Bonchev–Trinajstić information content (AvgIpc) is 2.53. The van der Waals surface area contributed by atoms with Gasteiger partial charge in [0.25, 0.3) is 17.5 Å². The van der Waals surface area contributed by atoms with Crippen LogP contribution in [0.1, 0.15) is 40.1 Å². The van der Waals surface area contributed by atoms with E-state index >= 15 is 0 Å². The van der Waals surface area contributed by atoms with Crippen LogP contribution in [0.3, 0.4) is 0 Å². The number of nitro benzene ring substituents is 1. The van der Waals surface area contributed by atoms with E-state index < -0.39 is 4.92 Å². The van der Waals surface area contributed by atoms with E-state index in [0.717, 1.165) is 5.56 Å². The summed E-state index contributed by atoms with van der Waals surface area (Å²) >= 11 is 1.89. The van der Waals surface area contributed by atoms with Crippen LogP contribution in [0.25, 0.3) is 0 Å². The molecule has 0 fully saturated rings. The first kappa shape index (κ1) is 19.8. The Bertz CT molecular complexity index is 881. The van der Waals surface area contributed by atoms with Crippen molar-refractivity contribution in [2.75, 3.05) is 5.32 Å². The lowest BCUT2D eigenvalue weighted by Gasteiger charge is -2.12. The predicted octanol–water partition coefficient (Wildman–Crippen LogP) is 3.90. The molecule has 0 bridgehead atoms. The highest BCUT2D eigenvalue weighted by atomic mass is 127. The van der Waals surface area contributed by atoms with Crippen LogP contribution >= 0.6 is 22.6 Å². The molecule has 2 aromatic rings. The third-order valence-corrected chi connectivity index (χ3v) is 4.45. The molecule has 8 heteroatoms. The first-order valence-corrected chi connectivity index (χ1v) is 8.93. The molecule has 2 rings (SSSR count). The van der Waals surface area contributed by atoms with Crippen LogP contribution in [0, 0.1) is 20.6 Å². The Morgan fingerprint density at radius 2 is 1.73 bits per heavy atom. The first-order chi connectivity index (χ1) is 12.2. The Balaban J connectivity index is 2.18. The molecule has 0 aliphatic carbocycles. The lowest BCUT2D eigenvalue weighted by atomic mass is 10.1. The lowest BCUT2D eigenvalue weighted by Crippen LogP contribution is -2.30. The number of carbonyl (C=O) groups excluding carboxylic acids is 2. The van der Waals surface area contributed by atoms with Gasteiger partial charge in [0, 0.05) is 33.0 Å². The van der Waals surface area contributed by atoms with Crippen LogP contribution in [0.5, 0.6) is 0 Å². The van der Waals surface area contributed by atoms with E-state index in [1.165, 1.54) is 18.2 Å². The fraction of sp³-hybridized carbons (Fsp3) is 0.222. The van der Waals surface area contributed by atoms with Gasteiger partial charge in [-0.1, -0.05) is 0 Å². The molecule has 0 heterocycles. The van der Waals surface area contributed by atoms with Gasteiger partial charge in [0.15, 0.2) is 0 Å². The third kappa shape index (κ3) is 4.78. The second kappa shape index (κ2) is 8.26. The maximum Gasteiger partial charge on any atom is 0.270 e. The highest BCUT2D eigenvalue weighted by molar-refractivity contribution is 14.1. The normalized spacial score (nSPS) is 10.5. The van der Waals surface area contributed by atoms with E-state index in [2.05, 4.69) is 10.6 Å². The van der Waals surface area contributed by atoms with Crippen molar-refractivity contribution in [1.82, 2.24) is 5.32 Å². The number of aryl methyl sites for hydroxylation is 1. The van der Waals surface area contributed by atoms with Crippen LogP contribution in [0.15, 0.2) is 36.4 Å². The Kier molecular flexibility index (Phi) is 6.30. The van der Waals surface area contributed by atoms with Crippen molar-refractivity contribution in [3.8, 4) is 0 Å². The molecule has 0 spiro atoms. The highest BCUT2D eigenvalue weighted by Gasteiger charge is 2.16. The SMILES string of the molecule is Cc1cc(NC(=O)c2ccc([N+](=O)[O-])cc2I)ccc1C(=O)NC(C)C. The van der Waals surface area contributed by atoms with Gasteiger partial charge in [-0.25, -0.2) is 0 Å². The van der Waals surface area contributed by atoms with E-state index in [1.54, 1.807) is 25.1 Å². The van der Waals surface area contributed by atoms with Crippen molar-refractivity contribution in [3.05, 3.63) is 66.8 Å². The Hall–Kier alpha value is -2.49. The molecule has 2 amide bonds. The van der Waals surface area contributed by atoms with Crippen molar-refractivity contribution in [3.63, 3.8) is 0 Å². The van der Waals surface area contributed by atoms with E-state index in [4.69, 9.17) is 0 Å². The summed E-state index contributed by atoms with van der Waals surface area (Å²) in [6.07, 6.45) is 0. The van der Waals surface area contributed by atoms with Crippen molar-refractivity contribution in [2.45, 2.75) is 26.8 Å². The summed E-state index contributed by atoms with van der Waals surface area (Å²) in [5.41, 5.74) is 2.10. The summed E-state index contributed by atoms with van der Waals surface area (Å²) in [4.78, 5) is 34.8. The number of carbonyl (C=O) groups is 2. The van der Waals surface area contributed by atoms with Crippen molar-refractivity contribution >= 4 is 45.8 Å². The number of rotatable bonds is 5. The number of anilines is 1. The largest absolute Gasteiger partial charge is 0.350 e. The minimum absolute atomic E-state index is 0.0329. The van der Waals surface area contributed by atoms with Gasteiger partial charge >= 0.3 is 0 Å². The maximum absolute atomic E-state index is 12.4. The Labute approximate surface area is 164 Å². The smallest absolute Gasteiger partial charge is 0.270 e. The molecular formula is C18H18IN3O4. The van der Waals surface area contributed by atoms with Crippen LogP contribution in [0.4, 0.5) is 11.4 Å². The molecule has 2 aromatic carbocycles. The summed E-state index contributed by atoms with van der Waals surface area (Å²) in [5.74, 6) is -0.539. The fourth-order valence-electron chi connectivity index (χ4n) is 2.34. The zero-order valence-electron chi connectivity index (χ0n) is 14.5. The molecule has 0 aliphatic rings. The molecule has 0 atom stereocenters. The number of hydrogen-bond donors (Lipinski definition) is 2. The topological polar surface area (TPSA) is 101 Å². The molecule has 0 saturated heterocycles. The van der Waals surface area contributed by atoms with Crippen molar-refractivity contribution < 1.29 is 14.5 Å². The van der Waals surface area contributed by atoms with Crippen LogP contribution < -0.4 is 10.6 Å². The number of nitrogens with one attached hydrogen (secondary N) is 2. The number of hydrogen-bond acceptors (Lipinski definition) is 4. The van der Waals surface area contributed by atoms with Crippen LogP contribution in [-0.2, 0) is 0 Å². The number of nitro groups is 1. The van der Waals surface area contributed by atoms with Crippen molar-refractivity contribution in [1.29, 1.82) is 0 Å². The van der Waals surface area contributed by atoms with Gasteiger partial charge in [0.2, 0.25) is 0 Å². The lowest BCUT2D eigenvalue weighted by molar-refractivity contribution is -0.384. The predicted molar refractivity (Wildman–Crippen MR) is 108 cm³/mol. The monoisotopic (exact) mass is 467 g/mol. The number of halogens is 1. The maximum atomic E-state index is 12.4. The zero-order chi connectivity index (χ0) is 19.4. The van der Waals surface area contributed by atoms with E-state index in [0.29, 0.717) is 20.4 Å². The van der Waals surface area contributed by atoms with Crippen LogP contribution in [0.2, 0.25) is 0 Å². The van der Waals surface area contributed by atoms with E-state index in [1.807, 2.05) is 36.4 Å². The second-order valence-corrected chi connectivity index (χ2v) is 7.20. The molecule has 0 radical (unpaired) electrons. The highest BCUT2D eigenvalue weighted by Crippen LogP contribution is 2.22. The standard InChI is InChI=1S/C18H18IN3O4/c1-10(2)20-17(23)14-6-4-12(8-11(14)3)21-18(24)15-7-5-13(22(25)26)9-16(15)19/h4-10H,1-3H3,(H,20,23)(H,21,24). The average molecular weight is 467 g/mol. The fourth-order valence-corrected chi connectivity index (χ4v) is 3.08. The van der Waals surface area contributed by atoms with Gasteiger partial charge in [-0.05, 0) is 73.2 Å². The van der Waals surface area contributed by atoms with Gasteiger partial charge in [-0.2, -0.15) is 0 Å². The number of amides is 2. The molecule has 0 saturated carbocycles. The van der Waals surface area contributed by atoms with Crippen LogP contribution in [-0.4, -0.2) is 22.8 Å². The number of nitrogens with zero attached hydrogens (tertiary/aromatic N) is 1. The molecular weight excluding hydrogens is 449 g/mol. The zero-order valence-corrected chi connectivity index (χ0v) is 16.7. The number of benzene rings is 2. The molecule has 0 aliphatic heterocycles. The van der Waals surface area contributed by atoms with Gasteiger partial charge in [-0.15, -0.1) is 0 Å². The van der Waals surface area contributed by atoms with Gasteiger partial charge in [-0.3, -0.25) is 19.7 Å². The Morgan fingerprint density at radius 3 is 2.27 bits per heavy atom. The van der Waals surface area contributed by atoms with Gasteiger partial charge in [0.05, 0.1) is 10.5 Å².